The highest BCUT2D eigenvalue weighted by Crippen LogP contribution is 2.52. The summed E-state index contributed by atoms with van der Waals surface area (Å²) in [5, 5.41) is 11.3. The summed E-state index contributed by atoms with van der Waals surface area (Å²) in [7, 11) is 1.17. The predicted octanol–water partition coefficient (Wildman–Crippen LogP) is 5.76. The van der Waals surface area contributed by atoms with Crippen molar-refractivity contribution >= 4 is 45.6 Å². The van der Waals surface area contributed by atoms with Gasteiger partial charge in [0.25, 0.3) is 5.91 Å². The Labute approximate surface area is 280 Å². The zero-order valence-electron chi connectivity index (χ0n) is 24.9. The number of nitrogens with zero attached hydrogens (tertiary/aromatic N) is 3. The highest BCUT2D eigenvalue weighted by Gasteiger charge is 2.47. The molecular formula is C34H26FIN4O7. The summed E-state index contributed by atoms with van der Waals surface area (Å²) in [6.07, 6.45) is 0.0420. The van der Waals surface area contributed by atoms with Crippen molar-refractivity contribution < 1.29 is 37.3 Å². The van der Waals surface area contributed by atoms with Crippen molar-refractivity contribution in [2.75, 3.05) is 38.7 Å². The number of aromatic nitrogens is 1. The number of morpholine rings is 1. The van der Waals surface area contributed by atoms with E-state index in [1.165, 1.54) is 13.2 Å². The molecule has 1 aliphatic carbocycles. The van der Waals surface area contributed by atoms with E-state index in [4.69, 9.17) is 24.0 Å². The summed E-state index contributed by atoms with van der Waals surface area (Å²) in [5.74, 6) is -0.295. The van der Waals surface area contributed by atoms with Gasteiger partial charge >= 0.3 is 6.16 Å². The Kier molecular flexibility index (Phi) is 7.17. The van der Waals surface area contributed by atoms with Gasteiger partial charge in [-0.3, -0.25) is 19.9 Å². The fourth-order valence-electron chi connectivity index (χ4n) is 6.80. The second kappa shape index (κ2) is 11.4. The Balaban J connectivity index is 1.42. The molecule has 0 saturated carbocycles. The lowest BCUT2D eigenvalue weighted by atomic mass is 9.91. The second-order valence-electron chi connectivity index (χ2n) is 11.2. The zero-order chi connectivity index (χ0) is 32.4. The SMILES string of the molecule is COC(=O)OCOc1c2n(ccc1=N)N([C@@H]1c3ccccc3-c3oc4ccccc4c3-c3c1ccc(I)c3F)[C@@H]1COCCN1C2=O. The first kappa shape index (κ1) is 29.5. The van der Waals surface area contributed by atoms with Crippen molar-refractivity contribution in [3.63, 3.8) is 0 Å². The average molecular weight is 749 g/mol. The molecule has 1 amide bonds. The number of ether oxygens (including phenoxy) is 4. The minimum atomic E-state index is -0.970. The molecule has 11 nitrogen and oxygen atoms in total. The van der Waals surface area contributed by atoms with Crippen LogP contribution in [-0.2, 0) is 14.2 Å². The molecule has 8 rings (SSSR count). The molecule has 0 radical (unpaired) electrons. The fraction of sp³-hybridized carbons (Fsp3) is 0.206. The number of rotatable bonds is 4. The number of para-hydroxylation sites is 1. The third kappa shape index (κ3) is 4.51. The zero-order valence-corrected chi connectivity index (χ0v) is 27.0. The number of furan rings is 1. The molecule has 2 atom stereocenters. The van der Waals surface area contributed by atoms with Crippen LogP contribution in [0.25, 0.3) is 33.4 Å². The molecule has 0 bridgehead atoms. The summed E-state index contributed by atoms with van der Waals surface area (Å²) in [4.78, 5) is 27.5. The molecule has 0 unspecified atom stereocenters. The number of hydrogen-bond acceptors (Lipinski definition) is 9. The Hall–Kier alpha value is -4.89. The number of pyridine rings is 1. The first-order valence-corrected chi connectivity index (χ1v) is 15.9. The molecule has 1 fully saturated rings. The number of methoxy groups -OCH3 is 1. The van der Waals surface area contributed by atoms with Crippen LogP contribution in [0.4, 0.5) is 9.18 Å². The minimum absolute atomic E-state index is 0.0560. The van der Waals surface area contributed by atoms with Gasteiger partial charge in [0.2, 0.25) is 6.79 Å². The van der Waals surface area contributed by atoms with Crippen LogP contribution < -0.4 is 15.1 Å². The van der Waals surface area contributed by atoms with Crippen molar-refractivity contribution in [3.8, 4) is 28.2 Å². The van der Waals surface area contributed by atoms with Crippen LogP contribution in [0.3, 0.4) is 0 Å². The molecular weight excluding hydrogens is 722 g/mol. The van der Waals surface area contributed by atoms with Gasteiger partial charge in [0.05, 0.1) is 26.4 Å². The number of fused-ring (bicyclic) bond motifs is 9. The van der Waals surface area contributed by atoms with Crippen molar-refractivity contribution in [3.05, 3.63) is 104 Å². The van der Waals surface area contributed by atoms with Gasteiger partial charge in [0.15, 0.2) is 11.4 Å². The Morgan fingerprint density at radius 2 is 1.87 bits per heavy atom. The summed E-state index contributed by atoms with van der Waals surface area (Å²) in [6, 6.07) is 19.9. The smallest absolute Gasteiger partial charge is 0.455 e. The van der Waals surface area contributed by atoms with Crippen LogP contribution in [0.2, 0.25) is 0 Å². The summed E-state index contributed by atoms with van der Waals surface area (Å²) in [5.41, 5.74) is 4.01. The van der Waals surface area contributed by atoms with Crippen LogP contribution in [0, 0.1) is 14.8 Å². The van der Waals surface area contributed by atoms with E-state index in [1.54, 1.807) is 21.8 Å². The normalized spacial score (nSPS) is 18.0. The van der Waals surface area contributed by atoms with Gasteiger partial charge < -0.3 is 28.3 Å². The van der Waals surface area contributed by atoms with Gasteiger partial charge in [-0.05, 0) is 51.9 Å². The molecule has 1 saturated heterocycles. The quantitative estimate of drug-likeness (QED) is 0.140. The average Bonchev–Trinajstić information content (AvgIpc) is 3.42. The maximum atomic E-state index is 16.7. The lowest BCUT2D eigenvalue weighted by Gasteiger charge is -2.51. The maximum Gasteiger partial charge on any atom is 0.510 e. The molecule has 4 heterocycles. The van der Waals surface area contributed by atoms with Gasteiger partial charge in [0, 0.05) is 38.4 Å². The first-order valence-electron chi connectivity index (χ1n) is 14.8. The van der Waals surface area contributed by atoms with Crippen LogP contribution in [0.5, 0.6) is 5.75 Å². The number of carbonyl (C=O) groups is 2. The van der Waals surface area contributed by atoms with E-state index in [1.807, 2.05) is 82.2 Å². The first-order chi connectivity index (χ1) is 22.9. The maximum absolute atomic E-state index is 16.7. The third-order valence-electron chi connectivity index (χ3n) is 8.77. The van der Waals surface area contributed by atoms with E-state index in [9.17, 15) is 9.59 Å². The number of nitrogens with one attached hydrogen (secondary N) is 1. The van der Waals surface area contributed by atoms with Gasteiger partial charge in [-0.2, -0.15) is 0 Å². The monoisotopic (exact) mass is 748 g/mol. The molecule has 3 aliphatic rings. The fourth-order valence-corrected chi connectivity index (χ4v) is 7.25. The van der Waals surface area contributed by atoms with E-state index < -0.39 is 25.2 Å². The standard InChI is InChI=1S/C34H26FIN4O7/c1-43-34(42)46-17-45-32-23(37)12-13-39-30(32)33(41)38-14-15-44-16-25(38)40(39)29-18-6-2-3-7-19(18)31-27(20-8-4-5-9-24(20)47-31)26-21(29)10-11-22(36)28(26)35/h2-13,25,29,37H,14-17H2,1H3/t25-,29-/m1/s1. The predicted molar refractivity (Wildman–Crippen MR) is 175 cm³/mol. The van der Waals surface area contributed by atoms with Gasteiger partial charge in [-0.15, -0.1) is 0 Å². The minimum Gasteiger partial charge on any atom is -0.455 e. The van der Waals surface area contributed by atoms with E-state index in [-0.39, 0.29) is 41.7 Å². The molecule has 238 valence electrons. The van der Waals surface area contributed by atoms with Gasteiger partial charge in [-0.25, -0.2) is 9.18 Å². The number of hydrogen-bond donors (Lipinski definition) is 1. The third-order valence-corrected chi connectivity index (χ3v) is 9.60. The largest absolute Gasteiger partial charge is 0.510 e. The number of amides is 1. The lowest BCUT2D eigenvalue weighted by molar-refractivity contribution is -0.0208. The van der Waals surface area contributed by atoms with Crippen molar-refractivity contribution in [1.29, 1.82) is 5.41 Å². The van der Waals surface area contributed by atoms with Crippen LogP contribution >= 0.6 is 22.6 Å². The Morgan fingerprint density at radius 3 is 2.72 bits per heavy atom. The van der Waals surface area contributed by atoms with Crippen LogP contribution in [-0.4, -0.2) is 61.5 Å². The highest BCUT2D eigenvalue weighted by molar-refractivity contribution is 14.1. The molecule has 47 heavy (non-hydrogen) atoms. The summed E-state index contributed by atoms with van der Waals surface area (Å²) < 4.78 is 46.5. The Morgan fingerprint density at radius 1 is 1.06 bits per heavy atom. The van der Waals surface area contributed by atoms with E-state index in [0.717, 1.165) is 16.5 Å². The number of benzene rings is 3. The number of halogens is 2. The van der Waals surface area contributed by atoms with Crippen molar-refractivity contribution in [2.24, 2.45) is 0 Å². The molecule has 3 aromatic carbocycles. The van der Waals surface area contributed by atoms with Crippen LogP contribution in [0.15, 0.2) is 77.3 Å². The van der Waals surface area contributed by atoms with E-state index in [0.29, 0.717) is 38.2 Å². The van der Waals surface area contributed by atoms with Gasteiger partial charge in [0.1, 0.15) is 28.7 Å². The van der Waals surface area contributed by atoms with E-state index >= 15 is 4.39 Å². The second-order valence-corrected chi connectivity index (χ2v) is 12.3. The Bertz CT molecular complexity index is 2160. The summed E-state index contributed by atoms with van der Waals surface area (Å²) >= 11 is 2.01. The van der Waals surface area contributed by atoms with Crippen molar-refractivity contribution in [2.45, 2.75) is 12.2 Å². The highest BCUT2D eigenvalue weighted by atomic mass is 127. The molecule has 2 aromatic heterocycles. The lowest BCUT2D eigenvalue weighted by Crippen LogP contribution is -2.66. The number of carbonyl (C=O) groups excluding carboxylic acids is 2. The molecule has 13 heteroatoms. The van der Waals surface area contributed by atoms with Gasteiger partial charge in [-0.1, -0.05) is 48.5 Å². The summed E-state index contributed by atoms with van der Waals surface area (Å²) in [6.45, 7) is 0.175. The van der Waals surface area contributed by atoms with E-state index in [2.05, 4.69) is 4.74 Å². The molecule has 5 aromatic rings. The van der Waals surface area contributed by atoms with Crippen molar-refractivity contribution in [1.82, 2.24) is 9.58 Å². The molecule has 1 N–H and O–H groups in total. The molecule has 2 aliphatic heterocycles. The van der Waals surface area contributed by atoms with Crippen LogP contribution in [0.1, 0.15) is 27.7 Å². The molecule has 0 spiro atoms. The topological polar surface area (TPSA) is 119 Å².